The minimum atomic E-state index is -0.120. The zero-order chi connectivity index (χ0) is 15.4. The number of rotatable bonds is 4. The van der Waals surface area contributed by atoms with Gasteiger partial charge in [-0.05, 0) is 36.8 Å². The van der Waals surface area contributed by atoms with Gasteiger partial charge in [-0.2, -0.15) is 0 Å². The van der Waals surface area contributed by atoms with Crippen molar-refractivity contribution in [3.05, 3.63) is 51.5 Å². The summed E-state index contributed by atoms with van der Waals surface area (Å²) in [5.74, 6) is 0.158. The van der Waals surface area contributed by atoms with Gasteiger partial charge in [0.1, 0.15) is 0 Å². The Hall–Kier alpha value is -1.17. The van der Waals surface area contributed by atoms with Gasteiger partial charge in [0.15, 0.2) is 0 Å². The van der Waals surface area contributed by atoms with Crippen LogP contribution in [0.5, 0.6) is 0 Å². The highest BCUT2D eigenvalue weighted by Crippen LogP contribution is 2.28. The number of nitrogen functional groups attached to an aromatic ring is 1. The maximum absolute atomic E-state index is 12.0. The molecule has 0 saturated heterocycles. The van der Waals surface area contributed by atoms with Gasteiger partial charge in [-0.3, -0.25) is 4.79 Å². The zero-order valence-corrected chi connectivity index (χ0v) is 14.5. The zero-order valence-electron chi connectivity index (χ0n) is 11.3. The second kappa shape index (κ2) is 7.20. The number of benzene rings is 2. The molecule has 3 N–H and O–H groups in total. The van der Waals surface area contributed by atoms with Crippen LogP contribution in [-0.2, 0) is 4.79 Å². The van der Waals surface area contributed by atoms with E-state index in [0.29, 0.717) is 10.7 Å². The maximum atomic E-state index is 12.0. The summed E-state index contributed by atoms with van der Waals surface area (Å²) in [6.45, 7) is 1.95. The first kappa shape index (κ1) is 16.2. The molecule has 0 heterocycles. The highest BCUT2D eigenvalue weighted by atomic mass is 79.9. The van der Waals surface area contributed by atoms with Gasteiger partial charge in [0.2, 0.25) is 5.91 Å². The third-order valence-electron chi connectivity index (χ3n) is 2.85. The number of carbonyl (C=O) groups excluding carboxylic acids is 1. The summed E-state index contributed by atoms with van der Waals surface area (Å²) >= 11 is 10.8. The normalized spacial score (nSPS) is 10.4. The number of thioether (sulfide) groups is 1. The molecule has 0 spiro atoms. The average Bonchev–Trinajstić information content (AvgIpc) is 2.43. The van der Waals surface area contributed by atoms with Crippen LogP contribution in [0.3, 0.4) is 0 Å². The Morgan fingerprint density at radius 2 is 2.14 bits per heavy atom. The number of aryl methyl sites for hydroxylation is 1. The summed E-state index contributed by atoms with van der Waals surface area (Å²) in [4.78, 5) is 12.9. The standard InChI is InChI=1S/C15H14BrClN2OS/c1-9-3-2-4-13(15(9)18)21-8-14(20)19-12-6-5-10(16)7-11(12)17/h2-7H,8,18H2,1H3,(H,19,20). The van der Waals surface area contributed by atoms with Gasteiger partial charge in [0, 0.05) is 15.1 Å². The fraction of sp³-hybridized carbons (Fsp3) is 0.133. The fourth-order valence-electron chi connectivity index (χ4n) is 1.70. The molecule has 2 aromatic rings. The topological polar surface area (TPSA) is 55.1 Å². The minimum absolute atomic E-state index is 0.120. The first-order valence-electron chi connectivity index (χ1n) is 6.20. The number of amides is 1. The molecule has 1 amide bonds. The molecule has 0 saturated carbocycles. The molecule has 0 aliphatic rings. The number of para-hydroxylation sites is 1. The second-order valence-corrected chi connectivity index (χ2v) is 6.79. The molecule has 2 rings (SSSR count). The van der Waals surface area contributed by atoms with Crippen LogP contribution in [0, 0.1) is 6.92 Å². The smallest absolute Gasteiger partial charge is 0.234 e. The van der Waals surface area contributed by atoms with Crippen molar-refractivity contribution in [1.29, 1.82) is 0 Å². The van der Waals surface area contributed by atoms with E-state index < -0.39 is 0 Å². The van der Waals surface area contributed by atoms with E-state index in [-0.39, 0.29) is 11.7 Å². The van der Waals surface area contributed by atoms with E-state index in [1.165, 1.54) is 11.8 Å². The van der Waals surface area contributed by atoms with Gasteiger partial charge in [-0.1, -0.05) is 39.7 Å². The Balaban J connectivity index is 1.97. The van der Waals surface area contributed by atoms with Crippen LogP contribution in [0.1, 0.15) is 5.56 Å². The van der Waals surface area contributed by atoms with Gasteiger partial charge in [-0.15, -0.1) is 11.8 Å². The van der Waals surface area contributed by atoms with E-state index >= 15 is 0 Å². The van der Waals surface area contributed by atoms with E-state index in [1.54, 1.807) is 12.1 Å². The Kier molecular flexibility index (Phi) is 5.56. The van der Waals surface area contributed by atoms with Crippen LogP contribution < -0.4 is 11.1 Å². The van der Waals surface area contributed by atoms with Crippen LogP contribution in [0.15, 0.2) is 45.8 Å². The molecule has 0 radical (unpaired) electrons. The molecule has 6 heteroatoms. The van der Waals surface area contributed by atoms with E-state index in [2.05, 4.69) is 21.2 Å². The van der Waals surface area contributed by atoms with Crippen molar-refractivity contribution in [3.8, 4) is 0 Å². The average molecular weight is 386 g/mol. The Bertz CT molecular complexity index is 679. The summed E-state index contributed by atoms with van der Waals surface area (Å²) in [5, 5.41) is 3.29. The van der Waals surface area contributed by atoms with Gasteiger partial charge >= 0.3 is 0 Å². The first-order valence-corrected chi connectivity index (χ1v) is 8.36. The van der Waals surface area contributed by atoms with Crippen molar-refractivity contribution in [3.63, 3.8) is 0 Å². The van der Waals surface area contributed by atoms with Crippen molar-refractivity contribution in [1.82, 2.24) is 0 Å². The largest absolute Gasteiger partial charge is 0.398 e. The third-order valence-corrected chi connectivity index (χ3v) is 4.73. The summed E-state index contributed by atoms with van der Waals surface area (Å²) in [7, 11) is 0. The molecular weight excluding hydrogens is 372 g/mol. The monoisotopic (exact) mass is 384 g/mol. The summed E-state index contributed by atoms with van der Waals surface area (Å²) in [6.07, 6.45) is 0. The molecule has 110 valence electrons. The third kappa shape index (κ3) is 4.40. The molecule has 21 heavy (non-hydrogen) atoms. The number of hydrogen-bond acceptors (Lipinski definition) is 3. The van der Waals surface area contributed by atoms with Crippen molar-refractivity contribution >= 4 is 56.6 Å². The number of anilines is 2. The second-order valence-electron chi connectivity index (χ2n) is 4.45. The van der Waals surface area contributed by atoms with Crippen molar-refractivity contribution in [2.45, 2.75) is 11.8 Å². The number of halogens is 2. The van der Waals surface area contributed by atoms with Gasteiger partial charge in [-0.25, -0.2) is 0 Å². The van der Waals surface area contributed by atoms with Gasteiger partial charge < -0.3 is 11.1 Å². The molecule has 3 nitrogen and oxygen atoms in total. The van der Waals surface area contributed by atoms with Crippen molar-refractivity contribution < 1.29 is 4.79 Å². The Labute approximate surface area is 141 Å². The number of nitrogens with one attached hydrogen (secondary N) is 1. The molecule has 2 aromatic carbocycles. The molecule has 0 unspecified atom stereocenters. The maximum Gasteiger partial charge on any atom is 0.234 e. The minimum Gasteiger partial charge on any atom is -0.398 e. The quantitative estimate of drug-likeness (QED) is 0.591. The number of nitrogens with two attached hydrogens (primary N) is 1. The predicted molar refractivity (Wildman–Crippen MR) is 94.1 cm³/mol. The van der Waals surface area contributed by atoms with Crippen LogP contribution in [0.4, 0.5) is 11.4 Å². The van der Waals surface area contributed by atoms with E-state index in [4.69, 9.17) is 17.3 Å². The lowest BCUT2D eigenvalue weighted by Crippen LogP contribution is -2.14. The van der Waals surface area contributed by atoms with Crippen LogP contribution in [0.2, 0.25) is 5.02 Å². The molecule has 0 atom stereocenters. The van der Waals surface area contributed by atoms with E-state index in [9.17, 15) is 4.79 Å². The molecule has 0 aromatic heterocycles. The van der Waals surface area contributed by atoms with Crippen molar-refractivity contribution in [2.75, 3.05) is 16.8 Å². The lowest BCUT2D eigenvalue weighted by molar-refractivity contribution is -0.113. The summed E-state index contributed by atoms with van der Waals surface area (Å²) < 4.78 is 0.868. The molecule has 0 aliphatic heterocycles. The SMILES string of the molecule is Cc1cccc(SCC(=O)Nc2ccc(Br)cc2Cl)c1N. The Morgan fingerprint density at radius 3 is 2.86 bits per heavy atom. The van der Waals surface area contributed by atoms with E-state index in [0.717, 1.165) is 20.6 Å². The van der Waals surface area contributed by atoms with E-state index in [1.807, 2.05) is 31.2 Å². The summed E-state index contributed by atoms with van der Waals surface area (Å²) in [6, 6.07) is 11.1. The molecular formula is C15H14BrClN2OS. The number of hydrogen-bond donors (Lipinski definition) is 2. The van der Waals surface area contributed by atoms with Gasteiger partial charge in [0.25, 0.3) is 0 Å². The van der Waals surface area contributed by atoms with Crippen LogP contribution in [0.25, 0.3) is 0 Å². The van der Waals surface area contributed by atoms with Crippen LogP contribution in [-0.4, -0.2) is 11.7 Å². The van der Waals surface area contributed by atoms with Crippen LogP contribution >= 0.6 is 39.3 Å². The lowest BCUT2D eigenvalue weighted by atomic mass is 10.2. The highest BCUT2D eigenvalue weighted by Gasteiger charge is 2.09. The summed E-state index contributed by atoms with van der Waals surface area (Å²) in [5.41, 5.74) is 8.31. The number of carbonyl (C=O) groups is 1. The fourth-order valence-corrected chi connectivity index (χ4v) is 3.27. The molecule has 0 aliphatic carbocycles. The highest BCUT2D eigenvalue weighted by molar-refractivity contribution is 9.10. The Morgan fingerprint density at radius 1 is 1.38 bits per heavy atom. The predicted octanol–water partition coefficient (Wildman–Crippen LogP) is 4.72. The molecule has 0 fully saturated rings. The molecule has 0 bridgehead atoms. The lowest BCUT2D eigenvalue weighted by Gasteiger charge is -2.09. The van der Waals surface area contributed by atoms with Gasteiger partial charge in [0.05, 0.1) is 16.5 Å². The van der Waals surface area contributed by atoms with Crippen molar-refractivity contribution in [2.24, 2.45) is 0 Å². The first-order chi connectivity index (χ1) is 9.97.